The number of amides is 1. The molecule has 0 fully saturated rings. The van der Waals surface area contributed by atoms with Gasteiger partial charge in [-0.1, -0.05) is 17.7 Å². The lowest BCUT2D eigenvalue weighted by atomic mass is 10.1. The fraction of sp³-hybridized carbons (Fsp3) is 0.238. The van der Waals surface area contributed by atoms with E-state index in [2.05, 4.69) is 5.32 Å². The van der Waals surface area contributed by atoms with Gasteiger partial charge in [0.05, 0.1) is 14.2 Å². The molecule has 2 aromatic rings. The average molecular weight is 369 g/mol. The van der Waals surface area contributed by atoms with Gasteiger partial charge in [0.1, 0.15) is 11.5 Å². The summed E-state index contributed by atoms with van der Waals surface area (Å²) in [7, 11) is 3.09. The summed E-state index contributed by atoms with van der Waals surface area (Å²) < 4.78 is 15.6. The normalized spacial score (nSPS) is 11.7. The number of nitrogens with one attached hydrogen (secondary N) is 1. The van der Waals surface area contributed by atoms with E-state index in [-0.39, 0.29) is 0 Å². The van der Waals surface area contributed by atoms with Gasteiger partial charge in [-0.3, -0.25) is 4.79 Å². The second-order valence-corrected chi connectivity index (χ2v) is 5.88. The summed E-state index contributed by atoms with van der Waals surface area (Å²) in [6.45, 7) is 3.47. The highest BCUT2D eigenvalue weighted by atomic mass is 16.5. The molecule has 0 saturated carbocycles. The van der Waals surface area contributed by atoms with Crippen LogP contribution in [0, 0.1) is 6.92 Å². The maximum atomic E-state index is 12.1. The smallest absolute Gasteiger partial charge is 0.331 e. The number of benzene rings is 2. The van der Waals surface area contributed by atoms with E-state index in [0.717, 1.165) is 5.56 Å². The molecule has 6 heteroatoms. The Kier molecular flexibility index (Phi) is 7.00. The monoisotopic (exact) mass is 369 g/mol. The Bertz CT molecular complexity index is 827. The molecule has 27 heavy (non-hydrogen) atoms. The number of rotatable bonds is 7. The van der Waals surface area contributed by atoms with E-state index in [4.69, 9.17) is 14.2 Å². The highest BCUT2D eigenvalue weighted by Crippen LogP contribution is 2.25. The third-order valence-corrected chi connectivity index (χ3v) is 3.82. The maximum Gasteiger partial charge on any atom is 0.331 e. The number of aryl methyl sites for hydroxylation is 1. The minimum atomic E-state index is -0.935. The molecule has 142 valence electrons. The van der Waals surface area contributed by atoms with Crippen molar-refractivity contribution in [3.05, 3.63) is 59.7 Å². The Morgan fingerprint density at radius 2 is 1.74 bits per heavy atom. The van der Waals surface area contributed by atoms with Crippen LogP contribution in [-0.2, 0) is 14.3 Å². The second kappa shape index (κ2) is 9.43. The molecule has 2 rings (SSSR count). The lowest BCUT2D eigenvalue weighted by molar-refractivity contribution is -0.148. The van der Waals surface area contributed by atoms with Crippen molar-refractivity contribution in [1.29, 1.82) is 0 Å². The summed E-state index contributed by atoms with van der Waals surface area (Å²) in [6, 6.07) is 12.6. The van der Waals surface area contributed by atoms with Crippen LogP contribution in [0.5, 0.6) is 11.5 Å². The van der Waals surface area contributed by atoms with Crippen LogP contribution in [-0.4, -0.2) is 32.2 Å². The highest BCUT2D eigenvalue weighted by molar-refractivity contribution is 5.96. The average Bonchev–Trinajstić information content (AvgIpc) is 2.67. The first-order chi connectivity index (χ1) is 12.9. The van der Waals surface area contributed by atoms with Gasteiger partial charge in [0, 0.05) is 17.3 Å². The molecule has 0 saturated heterocycles. The molecule has 1 N–H and O–H groups in total. The predicted octanol–water partition coefficient (Wildman–Crippen LogP) is 3.60. The zero-order valence-corrected chi connectivity index (χ0v) is 15.8. The Balaban J connectivity index is 1.97. The quantitative estimate of drug-likeness (QED) is 0.596. The Morgan fingerprint density at radius 3 is 2.37 bits per heavy atom. The number of carbonyl (C=O) groups excluding carboxylic acids is 2. The van der Waals surface area contributed by atoms with Gasteiger partial charge in [0.15, 0.2) is 6.10 Å². The maximum absolute atomic E-state index is 12.1. The Morgan fingerprint density at radius 1 is 1.04 bits per heavy atom. The third-order valence-electron chi connectivity index (χ3n) is 3.82. The number of anilines is 1. The zero-order chi connectivity index (χ0) is 19.8. The number of carbonyl (C=O) groups is 2. The molecule has 0 spiro atoms. The zero-order valence-electron chi connectivity index (χ0n) is 15.8. The lowest BCUT2D eigenvalue weighted by Crippen LogP contribution is -2.29. The summed E-state index contributed by atoms with van der Waals surface area (Å²) in [4.78, 5) is 24.2. The van der Waals surface area contributed by atoms with Gasteiger partial charge >= 0.3 is 5.97 Å². The standard InChI is InChI=1S/C21H23NO5/c1-14-5-8-17(9-6-14)22-21(24)15(2)27-20(23)12-7-16-13-18(25-3)10-11-19(16)26-4/h5-13,15H,1-4H3,(H,22,24)/b12-7+/t15-/m1/s1. The molecule has 0 bridgehead atoms. The van der Waals surface area contributed by atoms with Crippen molar-refractivity contribution < 1.29 is 23.8 Å². The topological polar surface area (TPSA) is 73.9 Å². The van der Waals surface area contributed by atoms with Crippen LogP contribution in [0.1, 0.15) is 18.1 Å². The molecular weight excluding hydrogens is 346 g/mol. The summed E-state index contributed by atoms with van der Waals surface area (Å²) in [5.41, 5.74) is 2.39. The van der Waals surface area contributed by atoms with Gasteiger partial charge in [0.2, 0.25) is 0 Å². The second-order valence-electron chi connectivity index (χ2n) is 5.88. The minimum absolute atomic E-state index is 0.403. The van der Waals surface area contributed by atoms with Gasteiger partial charge in [0.25, 0.3) is 5.91 Å². The molecule has 0 heterocycles. The van der Waals surface area contributed by atoms with E-state index in [1.54, 1.807) is 43.5 Å². The highest BCUT2D eigenvalue weighted by Gasteiger charge is 2.16. The first-order valence-electron chi connectivity index (χ1n) is 8.41. The third kappa shape index (κ3) is 5.88. The van der Waals surface area contributed by atoms with E-state index >= 15 is 0 Å². The van der Waals surface area contributed by atoms with Crippen molar-refractivity contribution in [2.24, 2.45) is 0 Å². The summed E-state index contributed by atoms with van der Waals surface area (Å²) in [5.74, 6) is 0.186. The van der Waals surface area contributed by atoms with Crippen LogP contribution in [0.2, 0.25) is 0 Å². The van der Waals surface area contributed by atoms with Crippen molar-refractivity contribution in [1.82, 2.24) is 0 Å². The van der Waals surface area contributed by atoms with Crippen LogP contribution < -0.4 is 14.8 Å². The van der Waals surface area contributed by atoms with E-state index in [1.165, 1.54) is 20.1 Å². The van der Waals surface area contributed by atoms with Crippen LogP contribution >= 0.6 is 0 Å². The lowest BCUT2D eigenvalue weighted by Gasteiger charge is -2.12. The largest absolute Gasteiger partial charge is 0.497 e. The first-order valence-corrected chi connectivity index (χ1v) is 8.41. The molecule has 0 unspecified atom stereocenters. The minimum Gasteiger partial charge on any atom is -0.497 e. The number of hydrogen-bond acceptors (Lipinski definition) is 5. The van der Waals surface area contributed by atoms with Crippen molar-refractivity contribution in [2.75, 3.05) is 19.5 Å². The number of ether oxygens (including phenoxy) is 3. The fourth-order valence-electron chi connectivity index (χ4n) is 2.28. The van der Waals surface area contributed by atoms with Crippen molar-refractivity contribution in [3.63, 3.8) is 0 Å². The molecule has 0 aromatic heterocycles. The SMILES string of the molecule is COc1ccc(OC)c(/C=C/C(=O)O[C@H](C)C(=O)Nc2ccc(C)cc2)c1. The predicted molar refractivity (Wildman–Crippen MR) is 104 cm³/mol. The number of hydrogen-bond donors (Lipinski definition) is 1. The van der Waals surface area contributed by atoms with Crippen molar-refractivity contribution >= 4 is 23.6 Å². The van der Waals surface area contributed by atoms with E-state index in [1.807, 2.05) is 19.1 Å². The summed E-state index contributed by atoms with van der Waals surface area (Å²) >= 11 is 0. The molecule has 0 radical (unpaired) electrons. The van der Waals surface area contributed by atoms with Gasteiger partial charge in [-0.2, -0.15) is 0 Å². The van der Waals surface area contributed by atoms with Crippen LogP contribution in [0.15, 0.2) is 48.5 Å². The Hall–Kier alpha value is -3.28. The number of esters is 1. The van der Waals surface area contributed by atoms with Crippen LogP contribution in [0.25, 0.3) is 6.08 Å². The molecular formula is C21H23NO5. The van der Waals surface area contributed by atoms with Crippen LogP contribution in [0.3, 0.4) is 0 Å². The molecule has 2 aromatic carbocycles. The molecule has 1 atom stereocenters. The van der Waals surface area contributed by atoms with E-state index in [0.29, 0.717) is 22.7 Å². The molecule has 0 aliphatic heterocycles. The van der Waals surface area contributed by atoms with E-state index in [9.17, 15) is 9.59 Å². The first kappa shape index (κ1) is 20.0. The number of methoxy groups -OCH3 is 2. The van der Waals surface area contributed by atoms with Gasteiger partial charge in [-0.25, -0.2) is 4.79 Å². The fourth-order valence-corrected chi connectivity index (χ4v) is 2.28. The van der Waals surface area contributed by atoms with Gasteiger partial charge < -0.3 is 19.5 Å². The summed E-state index contributed by atoms with van der Waals surface area (Å²) in [5, 5.41) is 2.70. The Labute approximate surface area is 158 Å². The van der Waals surface area contributed by atoms with Gasteiger partial charge in [-0.15, -0.1) is 0 Å². The summed E-state index contributed by atoms with van der Waals surface area (Å²) in [6.07, 6.45) is 1.86. The van der Waals surface area contributed by atoms with Crippen molar-refractivity contribution in [3.8, 4) is 11.5 Å². The molecule has 1 amide bonds. The van der Waals surface area contributed by atoms with Crippen LogP contribution in [0.4, 0.5) is 5.69 Å². The van der Waals surface area contributed by atoms with Gasteiger partial charge in [-0.05, 0) is 50.3 Å². The van der Waals surface area contributed by atoms with E-state index < -0.39 is 18.0 Å². The molecule has 0 aliphatic carbocycles. The van der Waals surface area contributed by atoms with Crippen molar-refractivity contribution in [2.45, 2.75) is 20.0 Å². The molecule has 0 aliphatic rings. The molecule has 6 nitrogen and oxygen atoms in total.